The van der Waals surface area contributed by atoms with Gasteiger partial charge in [-0.05, 0) is 43.4 Å². The molecular formula is C15H17Br2NO2. The van der Waals surface area contributed by atoms with Gasteiger partial charge in [-0.2, -0.15) is 0 Å². The van der Waals surface area contributed by atoms with Crippen LogP contribution in [0.15, 0.2) is 16.6 Å². The molecule has 20 heavy (non-hydrogen) atoms. The highest BCUT2D eigenvalue weighted by Crippen LogP contribution is 2.35. The Hall–Kier alpha value is -0.680. The molecule has 1 unspecified atom stereocenters. The SMILES string of the molecule is Cc1cc(Br)cc2c1N(CCC(C)CCBr)C(=O)C2=O. The van der Waals surface area contributed by atoms with Crippen molar-refractivity contribution in [3.63, 3.8) is 0 Å². The summed E-state index contributed by atoms with van der Waals surface area (Å²) in [5, 5.41) is 0.962. The van der Waals surface area contributed by atoms with E-state index in [2.05, 4.69) is 38.8 Å². The molecule has 0 aromatic heterocycles. The minimum Gasteiger partial charge on any atom is -0.304 e. The standard InChI is InChI=1S/C15H17Br2NO2/c1-9(3-5-16)4-6-18-13-10(2)7-11(17)8-12(13)14(19)15(18)20/h7-9H,3-6H2,1-2H3. The molecule has 1 aromatic carbocycles. The number of anilines is 1. The number of nitrogens with zero attached hydrogens (tertiary/aromatic N) is 1. The number of hydrogen-bond donors (Lipinski definition) is 0. The van der Waals surface area contributed by atoms with E-state index < -0.39 is 11.7 Å². The first-order valence-electron chi connectivity index (χ1n) is 6.68. The normalized spacial score (nSPS) is 15.7. The number of amides is 1. The summed E-state index contributed by atoms with van der Waals surface area (Å²) in [7, 11) is 0. The van der Waals surface area contributed by atoms with Gasteiger partial charge in [-0.3, -0.25) is 9.59 Å². The van der Waals surface area contributed by atoms with Crippen molar-refractivity contribution in [3.8, 4) is 0 Å². The average Bonchev–Trinajstić information content (AvgIpc) is 2.61. The van der Waals surface area contributed by atoms with Gasteiger partial charge >= 0.3 is 0 Å². The molecule has 1 atom stereocenters. The van der Waals surface area contributed by atoms with Gasteiger partial charge in [0.1, 0.15) is 0 Å². The van der Waals surface area contributed by atoms with Crippen molar-refractivity contribution in [3.05, 3.63) is 27.7 Å². The quantitative estimate of drug-likeness (QED) is 0.549. The number of halogens is 2. The number of carbonyl (C=O) groups excluding carboxylic acids is 2. The van der Waals surface area contributed by atoms with Crippen molar-refractivity contribution in [1.82, 2.24) is 0 Å². The van der Waals surface area contributed by atoms with Gasteiger partial charge in [-0.25, -0.2) is 0 Å². The van der Waals surface area contributed by atoms with Crippen molar-refractivity contribution in [2.75, 3.05) is 16.8 Å². The van der Waals surface area contributed by atoms with Gasteiger partial charge in [0.05, 0.1) is 11.3 Å². The zero-order valence-electron chi connectivity index (χ0n) is 11.6. The fraction of sp³-hybridized carbons (Fsp3) is 0.467. The van der Waals surface area contributed by atoms with Crippen molar-refractivity contribution in [2.24, 2.45) is 5.92 Å². The first kappa shape index (κ1) is 15.7. The van der Waals surface area contributed by atoms with E-state index in [1.807, 2.05) is 13.0 Å². The molecule has 0 spiro atoms. The van der Waals surface area contributed by atoms with Gasteiger partial charge in [-0.15, -0.1) is 0 Å². The second-order valence-electron chi connectivity index (χ2n) is 5.28. The lowest BCUT2D eigenvalue weighted by Crippen LogP contribution is -2.31. The van der Waals surface area contributed by atoms with E-state index in [0.29, 0.717) is 18.0 Å². The van der Waals surface area contributed by atoms with Crippen LogP contribution in [0.4, 0.5) is 5.69 Å². The van der Waals surface area contributed by atoms with Crippen molar-refractivity contribution in [1.29, 1.82) is 0 Å². The minimum absolute atomic E-state index is 0.391. The molecule has 0 N–H and O–H groups in total. The van der Waals surface area contributed by atoms with Gasteiger partial charge in [0.15, 0.2) is 0 Å². The summed E-state index contributed by atoms with van der Waals surface area (Å²) >= 11 is 6.81. The van der Waals surface area contributed by atoms with Crippen LogP contribution in [0.1, 0.15) is 35.7 Å². The van der Waals surface area contributed by atoms with Crippen LogP contribution < -0.4 is 4.90 Å². The molecule has 0 bridgehead atoms. The minimum atomic E-state index is -0.396. The number of alkyl halides is 1. The topological polar surface area (TPSA) is 37.4 Å². The van der Waals surface area contributed by atoms with Gasteiger partial charge < -0.3 is 4.90 Å². The molecule has 0 fully saturated rings. The first-order valence-corrected chi connectivity index (χ1v) is 8.59. The number of benzene rings is 1. The molecule has 1 aromatic rings. The predicted octanol–water partition coefficient (Wildman–Crippen LogP) is 4.10. The van der Waals surface area contributed by atoms with Crippen LogP contribution >= 0.6 is 31.9 Å². The smallest absolute Gasteiger partial charge is 0.299 e. The van der Waals surface area contributed by atoms with Crippen LogP contribution in [0.5, 0.6) is 0 Å². The van der Waals surface area contributed by atoms with E-state index in [4.69, 9.17) is 0 Å². The van der Waals surface area contributed by atoms with Crippen molar-refractivity contribution < 1.29 is 9.59 Å². The Balaban J connectivity index is 2.24. The maximum absolute atomic E-state index is 12.1. The Morgan fingerprint density at radius 1 is 1.25 bits per heavy atom. The van der Waals surface area contributed by atoms with Crippen molar-refractivity contribution in [2.45, 2.75) is 26.7 Å². The molecular weight excluding hydrogens is 386 g/mol. The molecule has 5 heteroatoms. The zero-order chi connectivity index (χ0) is 14.9. The molecule has 1 aliphatic rings. The molecule has 0 aliphatic carbocycles. The largest absolute Gasteiger partial charge is 0.304 e. The monoisotopic (exact) mass is 401 g/mol. The predicted molar refractivity (Wildman–Crippen MR) is 87.8 cm³/mol. The average molecular weight is 403 g/mol. The van der Waals surface area contributed by atoms with Gasteiger partial charge in [0.25, 0.3) is 11.7 Å². The van der Waals surface area contributed by atoms with Crippen LogP contribution in [-0.2, 0) is 4.79 Å². The molecule has 0 radical (unpaired) electrons. The Morgan fingerprint density at radius 2 is 1.95 bits per heavy atom. The second kappa shape index (κ2) is 6.39. The summed E-state index contributed by atoms with van der Waals surface area (Å²) in [5.74, 6) is -0.262. The highest BCUT2D eigenvalue weighted by Gasteiger charge is 2.36. The Kier molecular flexibility index (Phi) is 5.02. The maximum Gasteiger partial charge on any atom is 0.299 e. The van der Waals surface area contributed by atoms with Crippen LogP contribution in [0.2, 0.25) is 0 Å². The van der Waals surface area contributed by atoms with Gasteiger partial charge in [0, 0.05) is 16.3 Å². The highest BCUT2D eigenvalue weighted by atomic mass is 79.9. The number of fused-ring (bicyclic) bond motifs is 1. The number of aryl methyl sites for hydroxylation is 1. The lowest BCUT2D eigenvalue weighted by molar-refractivity contribution is -0.114. The first-order chi connectivity index (χ1) is 9.45. The molecule has 3 nitrogen and oxygen atoms in total. The molecule has 2 rings (SSSR count). The lowest BCUT2D eigenvalue weighted by Gasteiger charge is -2.20. The fourth-order valence-corrected chi connectivity index (χ4v) is 3.85. The highest BCUT2D eigenvalue weighted by molar-refractivity contribution is 9.10. The Morgan fingerprint density at radius 3 is 2.60 bits per heavy atom. The number of ketones is 1. The molecule has 108 valence electrons. The van der Waals surface area contributed by atoms with E-state index in [1.54, 1.807) is 11.0 Å². The summed E-state index contributed by atoms with van der Waals surface area (Å²) in [6.45, 7) is 4.71. The van der Waals surface area contributed by atoms with Crippen LogP contribution in [0.3, 0.4) is 0 Å². The van der Waals surface area contributed by atoms with Crippen LogP contribution in [-0.4, -0.2) is 23.6 Å². The number of Topliss-reactive ketones (excluding diaryl/α,β-unsaturated/α-hetero) is 1. The second-order valence-corrected chi connectivity index (χ2v) is 6.98. The third-order valence-corrected chi connectivity index (χ3v) is 4.58. The van der Waals surface area contributed by atoms with Crippen LogP contribution in [0.25, 0.3) is 0 Å². The number of hydrogen-bond acceptors (Lipinski definition) is 2. The molecule has 1 aliphatic heterocycles. The third kappa shape index (κ3) is 2.98. The summed E-state index contributed by atoms with van der Waals surface area (Å²) < 4.78 is 0.837. The molecule has 0 saturated heterocycles. The summed E-state index contributed by atoms with van der Waals surface area (Å²) in [4.78, 5) is 25.9. The van der Waals surface area contributed by atoms with Crippen molar-refractivity contribution >= 4 is 49.2 Å². The molecule has 1 heterocycles. The van der Waals surface area contributed by atoms with E-state index in [-0.39, 0.29) is 0 Å². The molecule has 1 amide bonds. The number of rotatable bonds is 5. The lowest BCUT2D eigenvalue weighted by atomic mass is 10.0. The van der Waals surface area contributed by atoms with Crippen LogP contribution in [0, 0.1) is 12.8 Å². The summed E-state index contributed by atoms with van der Waals surface area (Å²) in [5.41, 5.74) is 2.27. The fourth-order valence-electron chi connectivity index (χ4n) is 2.50. The van der Waals surface area contributed by atoms with E-state index in [1.165, 1.54) is 0 Å². The number of carbonyl (C=O) groups is 2. The van der Waals surface area contributed by atoms with Gasteiger partial charge in [0.2, 0.25) is 0 Å². The zero-order valence-corrected chi connectivity index (χ0v) is 14.8. The van der Waals surface area contributed by atoms with E-state index >= 15 is 0 Å². The van der Waals surface area contributed by atoms with E-state index in [0.717, 1.165) is 33.9 Å². The van der Waals surface area contributed by atoms with Gasteiger partial charge in [-0.1, -0.05) is 38.8 Å². The summed E-state index contributed by atoms with van der Waals surface area (Å²) in [6.07, 6.45) is 1.97. The van der Waals surface area contributed by atoms with E-state index in [9.17, 15) is 9.59 Å². The Bertz CT molecular complexity index is 557. The molecule has 0 saturated carbocycles. The third-order valence-electron chi connectivity index (χ3n) is 3.67. The Labute approximate surface area is 136 Å². The summed E-state index contributed by atoms with van der Waals surface area (Å²) in [6, 6.07) is 3.68. The maximum atomic E-state index is 12.1.